The predicted molar refractivity (Wildman–Crippen MR) is 89.2 cm³/mol. The Kier molecular flexibility index (Phi) is 6.73. The number of esters is 1. The van der Waals surface area contributed by atoms with Gasteiger partial charge in [-0.05, 0) is 31.7 Å². The molecule has 0 radical (unpaired) electrons. The van der Waals surface area contributed by atoms with Crippen LogP contribution in [0.3, 0.4) is 0 Å². The number of nitro groups is 1. The van der Waals surface area contributed by atoms with Gasteiger partial charge in [-0.1, -0.05) is 19.1 Å². The van der Waals surface area contributed by atoms with Crippen LogP contribution in [0, 0.1) is 10.1 Å². The van der Waals surface area contributed by atoms with E-state index in [9.17, 15) is 19.7 Å². The van der Waals surface area contributed by atoms with E-state index in [1.807, 2.05) is 6.92 Å². The van der Waals surface area contributed by atoms with Gasteiger partial charge < -0.3 is 14.4 Å². The minimum absolute atomic E-state index is 0.0159. The fraction of sp³-hybridized carbons (Fsp3) is 0.529. The summed E-state index contributed by atoms with van der Waals surface area (Å²) in [6.07, 6.45) is 3.90. The molecule has 0 aliphatic carbocycles. The number of carbonyl (C=O) groups is 2. The van der Waals surface area contributed by atoms with Crippen molar-refractivity contribution in [1.29, 1.82) is 0 Å². The highest BCUT2D eigenvalue weighted by Gasteiger charge is 2.26. The van der Waals surface area contributed by atoms with Gasteiger partial charge in [0, 0.05) is 18.7 Å². The highest BCUT2D eigenvalue weighted by molar-refractivity contribution is 5.81. The van der Waals surface area contributed by atoms with Crippen LogP contribution in [0.25, 0.3) is 0 Å². The number of nitro benzene ring substituents is 1. The topological polar surface area (TPSA) is 99.0 Å². The molecule has 0 aromatic heterocycles. The van der Waals surface area contributed by atoms with Crippen molar-refractivity contribution in [2.45, 2.75) is 38.6 Å². The van der Waals surface area contributed by atoms with E-state index in [1.54, 1.807) is 11.0 Å². The summed E-state index contributed by atoms with van der Waals surface area (Å²) >= 11 is 0. The zero-order chi connectivity index (χ0) is 18.2. The maximum absolute atomic E-state index is 12.2. The molecule has 1 unspecified atom stereocenters. The molecule has 0 bridgehead atoms. The van der Waals surface area contributed by atoms with Gasteiger partial charge in [-0.3, -0.25) is 14.9 Å². The van der Waals surface area contributed by atoms with Crippen molar-refractivity contribution in [2.75, 3.05) is 19.8 Å². The van der Waals surface area contributed by atoms with Gasteiger partial charge in [0.05, 0.1) is 4.92 Å². The SMILES string of the molecule is CCC1CCCCN1C(=O)COC(=O)COc1ccccc1[N+](=O)[O-]. The zero-order valence-electron chi connectivity index (χ0n) is 14.2. The molecule has 1 saturated heterocycles. The van der Waals surface area contributed by atoms with Crippen LogP contribution in [0.1, 0.15) is 32.6 Å². The molecule has 8 heteroatoms. The molecule has 1 aromatic carbocycles. The first-order chi connectivity index (χ1) is 12.0. The number of amides is 1. The predicted octanol–water partition coefficient (Wildman–Crippen LogP) is 2.31. The Balaban J connectivity index is 1.81. The smallest absolute Gasteiger partial charge is 0.344 e. The van der Waals surface area contributed by atoms with Crippen LogP contribution in [0.2, 0.25) is 0 Å². The first kappa shape index (κ1) is 18.7. The molecule has 1 heterocycles. The second-order valence-corrected chi connectivity index (χ2v) is 5.82. The Morgan fingerprint density at radius 1 is 1.28 bits per heavy atom. The summed E-state index contributed by atoms with van der Waals surface area (Å²) in [5.74, 6) is -0.972. The van der Waals surface area contributed by atoms with E-state index >= 15 is 0 Å². The largest absolute Gasteiger partial charge is 0.475 e. The van der Waals surface area contributed by atoms with Crippen molar-refractivity contribution in [3.8, 4) is 5.75 Å². The van der Waals surface area contributed by atoms with Gasteiger partial charge in [-0.15, -0.1) is 0 Å². The third-order valence-corrected chi connectivity index (χ3v) is 4.18. The number of rotatable bonds is 7. The normalized spacial score (nSPS) is 17.0. The lowest BCUT2D eigenvalue weighted by atomic mass is 10.00. The Hall–Kier alpha value is -2.64. The maximum Gasteiger partial charge on any atom is 0.344 e. The molecular weight excluding hydrogens is 328 g/mol. The van der Waals surface area contributed by atoms with Gasteiger partial charge in [0.2, 0.25) is 0 Å². The molecule has 1 amide bonds. The Labute approximate surface area is 145 Å². The van der Waals surface area contributed by atoms with Crippen molar-refractivity contribution < 1.29 is 24.0 Å². The van der Waals surface area contributed by atoms with E-state index in [0.717, 1.165) is 25.7 Å². The summed E-state index contributed by atoms with van der Waals surface area (Å²) in [6.45, 7) is 1.88. The molecule has 1 aliphatic rings. The number of carbonyl (C=O) groups excluding carboxylic acids is 2. The number of hydrogen-bond donors (Lipinski definition) is 0. The van der Waals surface area contributed by atoms with Crippen molar-refractivity contribution in [3.05, 3.63) is 34.4 Å². The number of hydrogen-bond acceptors (Lipinski definition) is 6. The van der Waals surface area contributed by atoms with E-state index in [1.165, 1.54) is 18.2 Å². The average Bonchev–Trinajstić information content (AvgIpc) is 2.64. The second kappa shape index (κ2) is 9.00. The van der Waals surface area contributed by atoms with E-state index in [4.69, 9.17) is 9.47 Å². The molecule has 2 rings (SSSR count). The first-order valence-corrected chi connectivity index (χ1v) is 8.34. The van der Waals surface area contributed by atoms with Crippen LogP contribution in [0.4, 0.5) is 5.69 Å². The monoisotopic (exact) mass is 350 g/mol. The third-order valence-electron chi connectivity index (χ3n) is 4.18. The van der Waals surface area contributed by atoms with Gasteiger partial charge in [0.1, 0.15) is 0 Å². The maximum atomic E-state index is 12.2. The molecule has 1 aliphatic heterocycles. The van der Waals surface area contributed by atoms with Crippen molar-refractivity contribution >= 4 is 17.6 Å². The lowest BCUT2D eigenvalue weighted by molar-refractivity contribution is -0.385. The lowest BCUT2D eigenvalue weighted by Gasteiger charge is -2.35. The quantitative estimate of drug-likeness (QED) is 0.425. The summed E-state index contributed by atoms with van der Waals surface area (Å²) in [4.78, 5) is 36.0. The van der Waals surface area contributed by atoms with Crippen LogP contribution in [0.15, 0.2) is 24.3 Å². The molecule has 0 saturated carbocycles. The fourth-order valence-corrected chi connectivity index (χ4v) is 2.89. The van der Waals surface area contributed by atoms with Crippen molar-refractivity contribution in [3.63, 3.8) is 0 Å². The van der Waals surface area contributed by atoms with Gasteiger partial charge in [0.15, 0.2) is 19.0 Å². The zero-order valence-corrected chi connectivity index (χ0v) is 14.2. The van der Waals surface area contributed by atoms with E-state index in [0.29, 0.717) is 6.54 Å². The molecule has 8 nitrogen and oxygen atoms in total. The third kappa shape index (κ3) is 5.17. The number of benzene rings is 1. The molecule has 136 valence electrons. The van der Waals surface area contributed by atoms with Crippen molar-refractivity contribution in [1.82, 2.24) is 4.90 Å². The molecule has 1 aromatic rings. The summed E-state index contributed by atoms with van der Waals surface area (Å²) in [5, 5.41) is 10.9. The second-order valence-electron chi connectivity index (χ2n) is 5.82. The number of piperidine rings is 1. The fourth-order valence-electron chi connectivity index (χ4n) is 2.89. The molecule has 0 spiro atoms. The Bertz CT molecular complexity index is 633. The van der Waals surface area contributed by atoms with E-state index in [-0.39, 0.29) is 30.0 Å². The minimum Gasteiger partial charge on any atom is -0.475 e. The number of ether oxygens (including phenoxy) is 2. The van der Waals surface area contributed by atoms with Gasteiger partial charge in [0.25, 0.3) is 5.91 Å². The lowest BCUT2D eigenvalue weighted by Crippen LogP contribution is -2.45. The molecule has 25 heavy (non-hydrogen) atoms. The number of nitrogens with zero attached hydrogens (tertiary/aromatic N) is 2. The van der Waals surface area contributed by atoms with Crippen molar-refractivity contribution in [2.24, 2.45) is 0 Å². The summed E-state index contributed by atoms with van der Waals surface area (Å²) < 4.78 is 10.1. The van der Waals surface area contributed by atoms with Gasteiger partial charge in [-0.25, -0.2) is 4.79 Å². The summed E-state index contributed by atoms with van der Waals surface area (Å²) in [5.41, 5.74) is -0.231. The molecular formula is C17H22N2O6. The average molecular weight is 350 g/mol. The summed E-state index contributed by atoms with van der Waals surface area (Å²) in [6, 6.07) is 5.95. The van der Waals surface area contributed by atoms with Crippen LogP contribution in [-0.2, 0) is 14.3 Å². The highest BCUT2D eigenvalue weighted by atomic mass is 16.6. The van der Waals surface area contributed by atoms with Crippen LogP contribution < -0.4 is 4.74 Å². The highest BCUT2D eigenvalue weighted by Crippen LogP contribution is 2.25. The minimum atomic E-state index is -0.739. The van der Waals surface area contributed by atoms with Gasteiger partial charge in [-0.2, -0.15) is 0 Å². The Morgan fingerprint density at radius 2 is 2.04 bits per heavy atom. The van der Waals surface area contributed by atoms with Gasteiger partial charge >= 0.3 is 11.7 Å². The molecule has 0 N–H and O–H groups in total. The van der Waals surface area contributed by atoms with Crippen LogP contribution in [0.5, 0.6) is 5.75 Å². The summed E-state index contributed by atoms with van der Waals surface area (Å²) in [7, 11) is 0. The molecule has 1 atom stereocenters. The Morgan fingerprint density at radius 3 is 2.76 bits per heavy atom. The van der Waals surface area contributed by atoms with E-state index in [2.05, 4.69) is 0 Å². The van der Waals surface area contributed by atoms with Crippen LogP contribution >= 0.6 is 0 Å². The number of para-hydroxylation sites is 2. The number of likely N-dealkylation sites (tertiary alicyclic amines) is 1. The van der Waals surface area contributed by atoms with E-state index < -0.39 is 17.5 Å². The van der Waals surface area contributed by atoms with Crippen LogP contribution in [-0.4, -0.2) is 47.5 Å². The first-order valence-electron chi connectivity index (χ1n) is 8.34. The molecule has 1 fully saturated rings. The standard InChI is InChI=1S/C17H22N2O6/c1-2-13-7-5-6-10-18(13)16(20)11-25-17(21)12-24-15-9-4-3-8-14(15)19(22)23/h3-4,8-9,13H,2,5-7,10-12H2,1H3.